The third-order valence-electron chi connectivity index (χ3n) is 1.70. The van der Waals surface area contributed by atoms with Crippen LogP contribution in [0.1, 0.15) is 40.4 Å². The summed E-state index contributed by atoms with van der Waals surface area (Å²) in [7, 11) is 1.75. The molecule has 0 aromatic carbocycles. The van der Waals surface area contributed by atoms with Gasteiger partial charge in [0.15, 0.2) is 0 Å². The monoisotopic (exact) mass is 228 g/mol. The first kappa shape index (κ1) is 17.2. The highest BCUT2D eigenvalue weighted by Gasteiger charge is 2.13. The second kappa shape index (κ2) is 11.8. The van der Waals surface area contributed by atoms with Crippen LogP contribution in [-0.4, -0.2) is 34.1 Å². The second-order valence-corrected chi connectivity index (χ2v) is 2.59. The maximum Gasteiger partial charge on any atom is 0.147 e. The zero-order chi connectivity index (χ0) is 13.0. The Balaban J connectivity index is 0. The van der Waals surface area contributed by atoms with E-state index in [1.807, 2.05) is 27.7 Å². The number of aromatic amines is 1. The van der Waals surface area contributed by atoms with Crippen molar-refractivity contribution in [1.29, 1.82) is 0 Å². The van der Waals surface area contributed by atoms with Crippen LogP contribution in [-0.2, 0) is 11.2 Å². The minimum absolute atomic E-state index is 0.105. The number of hydrogen-bond acceptors (Lipinski definition) is 4. The summed E-state index contributed by atoms with van der Waals surface area (Å²) in [4.78, 5) is 14.9. The van der Waals surface area contributed by atoms with Gasteiger partial charge >= 0.3 is 0 Å². The van der Waals surface area contributed by atoms with Gasteiger partial charge in [-0.1, -0.05) is 27.7 Å². The van der Waals surface area contributed by atoms with Crippen molar-refractivity contribution in [3.8, 4) is 0 Å². The fraction of sp³-hybridized carbons (Fsp3) is 0.727. The fourth-order valence-corrected chi connectivity index (χ4v) is 0.972. The van der Waals surface area contributed by atoms with Crippen molar-refractivity contribution in [2.75, 3.05) is 7.05 Å². The van der Waals surface area contributed by atoms with Crippen LogP contribution in [0.3, 0.4) is 0 Å². The number of rotatable bonds is 4. The Hall–Kier alpha value is -1.23. The summed E-state index contributed by atoms with van der Waals surface area (Å²) in [6.07, 6.45) is 1.99. The summed E-state index contributed by atoms with van der Waals surface area (Å²) in [6, 6.07) is -0.169. The van der Waals surface area contributed by atoms with E-state index in [-0.39, 0.29) is 11.8 Å². The lowest BCUT2D eigenvalue weighted by Gasteiger charge is -2.09. The van der Waals surface area contributed by atoms with Crippen LogP contribution in [0.5, 0.6) is 0 Å². The predicted octanol–water partition coefficient (Wildman–Crippen LogP) is 1.58. The standard InChI is InChI=1S/C7H12N4O.2C2H6/c1-5(12)6(8-2)3-7-9-4-10-11-7;2*1-2/h4,6,8H,3H2,1-2H3,(H,9,10,11);2*1-2H3. The molecule has 0 saturated carbocycles. The van der Waals surface area contributed by atoms with E-state index in [4.69, 9.17) is 0 Å². The van der Waals surface area contributed by atoms with Crippen LogP contribution in [0.4, 0.5) is 0 Å². The Labute approximate surface area is 98.1 Å². The molecular weight excluding hydrogens is 204 g/mol. The summed E-state index contributed by atoms with van der Waals surface area (Å²) < 4.78 is 0. The fourth-order valence-electron chi connectivity index (χ4n) is 0.972. The van der Waals surface area contributed by atoms with Crippen molar-refractivity contribution in [3.63, 3.8) is 0 Å². The van der Waals surface area contributed by atoms with Gasteiger partial charge in [0.05, 0.1) is 6.04 Å². The Kier molecular flexibility index (Phi) is 12.7. The zero-order valence-corrected chi connectivity index (χ0v) is 11.2. The van der Waals surface area contributed by atoms with Crippen LogP contribution < -0.4 is 5.32 Å². The van der Waals surface area contributed by atoms with Gasteiger partial charge in [-0.05, 0) is 14.0 Å². The van der Waals surface area contributed by atoms with Gasteiger partial charge in [0, 0.05) is 6.42 Å². The van der Waals surface area contributed by atoms with Gasteiger partial charge in [0.1, 0.15) is 17.9 Å². The Morgan fingerprint density at radius 1 is 1.44 bits per heavy atom. The lowest BCUT2D eigenvalue weighted by atomic mass is 10.1. The maximum absolute atomic E-state index is 11.0. The Bertz CT molecular complexity index is 246. The molecule has 1 rings (SSSR count). The molecule has 0 saturated heterocycles. The molecule has 0 amide bonds. The minimum Gasteiger partial charge on any atom is -0.310 e. The highest BCUT2D eigenvalue weighted by atomic mass is 16.1. The minimum atomic E-state index is -0.169. The average Bonchev–Trinajstić information content (AvgIpc) is 2.83. The second-order valence-electron chi connectivity index (χ2n) is 2.59. The largest absolute Gasteiger partial charge is 0.310 e. The van der Waals surface area contributed by atoms with Crippen molar-refractivity contribution in [3.05, 3.63) is 12.2 Å². The van der Waals surface area contributed by atoms with Crippen LogP contribution >= 0.6 is 0 Å². The van der Waals surface area contributed by atoms with E-state index < -0.39 is 0 Å². The van der Waals surface area contributed by atoms with Crippen molar-refractivity contribution in [2.24, 2.45) is 0 Å². The number of carbonyl (C=O) groups is 1. The van der Waals surface area contributed by atoms with E-state index in [0.717, 1.165) is 5.82 Å². The molecule has 1 aromatic heterocycles. The van der Waals surface area contributed by atoms with Crippen LogP contribution in [0.2, 0.25) is 0 Å². The molecular formula is C11H24N4O. The van der Waals surface area contributed by atoms with Crippen LogP contribution in [0, 0.1) is 0 Å². The summed E-state index contributed by atoms with van der Waals surface area (Å²) in [5.41, 5.74) is 0. The van der Waals surface area contributed by atoms with Crippen molar-refractivity contribution >= 4 is 5.78 Å². The number of H-pyrrole nitrogens is 1. The molecule has 2 N–H and O–H groups in total. The average molecular weight is 228 g/mol. The number of ketones is 1. The van der Waals surface area contributed by atoms with Gasteiger partial charge in [-0.15, -0.1) is 0 Å². The SMILES string of the molecule is CC.CC.CNC(Cc1ncn[nH]1)C(C)=O. The molecule has 1 unspecified atom stereocenters. The van der Waals surface area contributed by atoms with Crippen molar-refractivity contribution in [1.82, 2.24) is 20.5 Å². The van der Waals surface area contributed by atoms with Crippen LogP contribution in [0.25, 0.3) is 0 Å². The van der Waals surface area contributed by atoms with Crippen molar-refractivity contribution in [2.45, 2.75) is 47.1 Å². The van der Waals surface area contributed by atoms with Crippen molar-refractivity contribution < 1.29 is 4.79 Å². The van der Waals surface area contributed by atoms with Gasteiger partial charge in [0.25, 0.3) is 0 Å². The molecule has 1 aromatic rings. The Morgan fingerprint density at radius 3 is 2.31 bits per heavy atom. The lowest BCUT2D eigenvalue weighted by molar-refractivity contribution is -0.118. The maximum atomic E-state index is 11.0. The third kappa shape index (κ3) is 7.11. The smallest absolute Gasteiger partial charge is 0.147 e. The van der Waals surface area contributed by atoms with E-state index in [1.165, 1.54) is 6.33 Å². The first-order valence-electron chi connectivity index (χ1n) is 5.76. The first-order chi connectivity index (χ1) is 7.74. The number of nitrogens with zero attached hydrogens (tertiary/aromatic N) is 2. The molecule has 5 heteroatoms. The number of hydrogen-bond donors (Lipinski definition) is 2. The number of nitrogens with one attached hydrogen (secondary N) is 2. The summed E-state index contributed by atoms with van der Waals surface area (Å²) >= 11 is 0. The van der Waals surface area contributed by atoms with Gasteiger partial charge in [-0.25, -0.2) is 4.98 Å². The molecule has 1 heterocycles. The molecule has 0 bridgehead atoms. The molecule has 0 aliphatic heterocycles. The molecule has 0 aliphatic carbocycles. The van der Waals surface area contributed by atoms with E-state index in [1.54, 1.807) is 14.0 Å². The zero-order valence-electron chi connectivity index (χ0n) is 11.2. The van der Waals surface area contributed by atoms with E-state index in [2.05, 4.69) is 20.5 Å². The first-order valence-corrected chi connectivity index (χ1v) is 5.76. The summed E-state index contributed by atoms with van der Waals surface area (Å²) in [6.45, 7) is 9.55. The number of likely N-dealkylation sites (N-methyl/N-ethyl adjacent to an activating group) is 1. The highest BCUT2D eigenvalue weighted by molar-refractivity contribution is 5.81. The van der Waals surface area contributed by atoms with E-state index >= 15 is 0 Å². The summed E-state index contributed by atoms with van der Waals surface area (Å²) in [5, 5.41) is 9.30. The molecule has 0 spiro atoms. The number of carbonyl (C=O) groups excluding carboxylic acids is 1. The van der Waals surface area contributed by atoms with Gasteiger partial charge in [-0.2, -0.15) is 5.10 Å². The molecule has 0 radical (unpaired) electrons. The number of aromatic nitrogens is 3. The summed E-state index contributed by atoms with van der Waals surface area (Å²) in [5.74, 6) is 0.832. The Morgan fingerprint density at radius 2 is 2.00 bits per heavy atom. The molecule has 5 nitrogen and oxygen atoms in total. The topological polar surface area (TPSA) is 70.7 Å². The third-order valence-corrected chi connectivity index (χ3v) is 1.70. The molecule has 16 heavy (non-hydrogen) atoms. The van der Waals surface area contributed by atoms with E-state index in [0.29, 0.717) is 6.42 Å². The molecule has 94 valence electrons. The van der Waals surface area contributed by atoms with E-state index in [9.17, 15) is 4.79 Å². The molecule has 0 fully saturated rings. The number of Topliss-reactive ketones (excluding diaryl/α,β-unsaturated/α-hetero) is 1. The van der Waals surface area contributed by atoms with Gasteiger partial charge in [0.2, 0.25) is 0 Å². The normalized spacial score (nSPS) is 10.4. The highest BCUT2D eigenvalue weighted by Crippen LogP contribution is 1.95. The van der Waals surface area contributed by atoms with Gasteiger partial charge in [-0.3, -0.25) is 9.89 Å². The lowest BCUT2D eigenvalue weighted by Crippen LogP contribution is -2.34. The van der Waals surface area contributed by atoms with Crippen LogP contribution in [0.15, 0.2) is 6.33 Å². The predicted molar refractivity (Wildman–Crippen MR) is 66.3 cm³/mol. The van der Waals surface area contributed by atoms with Gasteiger partial charge < -0.3 is 5.32 Å². The molecule has 1 atom stereocenters. The molecule has 0 aliphatic rings. The quantitative estimate of drug-likeness (QED) is 0.820.